The molecule has 2 aromatic carbocycles. The molecule has 0 aliphatic heterocycles. The molecule has 1 amide bonds. The van der Waals surface area contributed by atoms with Crippen LogP contribution in [-0.2, 0) is 11.3 Å². The highest BCUT2D eigenvalue weighted by Crippen LogP contribution is 2.23. The Hall–Kier alpha value is -2.27. The predicted octanol–water partition coefficient (Wildman–Crippen LogP) is 3.59. The SMILES string of the molecule is Cc1ccc(C)c(SCC(=O)NCc2nc3ccccc3[nH]2)c1. The van der Waals surface area contributed by atoms with Gasteiger partial charge in [-0.25, -0.2) is 4.98 Å². The Morgan fingerprint density at radius 1 is 1.22 bits per heavy atom. The number of aromatic amines is 1. The molecule has 1 heterocycles. The van der Waals surface area contributed by atoms with E-state index in [0.29, 0.717) is 12.3 Å². The average molecular weight is 325 g/mol. The van der Waals surface area contributed by atoms with Gasteiger partial charge in [0.05, 0.1) is 23.3 Å². The van der Waals surface area contributed by atoms with Crippen molar-refractivity contribution in [2.75, 3.05) is 5.75 Å². The Morgan fingerprint density at radius 2 is 2.04 bits per heavy atom. The summed E-state index contributed by atoms with van der Waals surface area (Å²) in [6.07, 6.45) is 0. The van der Waals surface area contributed by atoms with E-state index >= 15 is 0 Å². The lowest BCUT2D eigenvalue weighted by Gasteiger charge is -2.07. The first kappa shape index (κ1) is 15.6. The monoisotopic (exact) mass is 325 g/mol. The van der Waals surface area contributed by atoms with Crippen LogP contribution in [0.1, 0.15) is 17.0 Å². The Labute approximate surface area is 139 Å². The van der Waals surface area contributed by atoms with Gasteiger partial charge in [0.2, 0.25) is 5.91 Å². The molecule has 5 heteroatoms. The van der Waals surface area contributed by atoms with Crippen LogP contribution in [0.4, 0.5) is 0 Å². The number of imidazole rings is 1. The third kappa shape index (κ3) is 3.93. The number of rotatable bonds is 5. The summed E-state index contributed by atoms with van der Waals surface area (Å²) in [7, 11) is 0. The van der Waals surface area contributed by atoms with Gasteiger partial charge in [0.15, 0.2) is 0 Å². The number of carbonyl (C=O) groups is 1. The molecule has 0 bridgehead atoms. The fourth-order valence-corrected chi connectivity index (χ4v) is 3.28. The second-order valence-corrected chi connectivity index (χ2v) is 6.55. The molecule has 1 aromatic heterocycles. The van der Waals surface area contributed by atoms with E-state index in [1.807, 2.05) is 24.3 Å². The summed E-state index contributed by atoms with van der Waals surface area (Å²) in [6, 6.07) is 14.1. The minimum absolute atomic E-state index is 0.0105. The van der Waals surface area contributed by atoms with E-state index in [1.165, 1.54) is 11.1 Å². The summed E-state index contributed by atoms with van der Waals surface area (Å²) in [5, 5.41) is 2.91. The van der Waals surface area contributed by atoms with Gasteiger partial charge in [-0.15, -0.1) is 11.8 Å². The zero-order chi connectivity index (χ0) is 16.2. The predicted molar refractivity (Wildman–Crippen MR) is 94.6 cm³/mol. The van der Waals surface area contributed by atoms with Gasteiger partial charge in [0.1, 0.15) is 5.82 Å². The molecule has 2 N–H and O–H groups in total. The lowest BCUT2D eigenvalue weighted by Crippen LogP contribution is -2.25. The molecule has 0 saturated carbocycles. The van der Waals surface area contributed by atoms with Crippen LogP contribution >= 0.6 is 11.8 Å². The third-order valence-electron chi connectivity index (χ3n) is 3.59. The number of amides is 1. The quantitative estimate of drug-likeness (QED) is 0.705. The number of para-hydroxylation sites is 2. The van der Waals surface area contributed by atoms with Crippen LogP contribution in [0.25, 0.3) is 11.0 Å². The number of nitrogens with zero attached hydrogens (tertiary/aromatic N) is 1. The molecular formula is C18H19N3OS. The third-order valence-corrected chi connectivity index (χ3v) is 4.75. The van der Waals surface area contributed by atoms with Crippen LogP contribution in [-0.4, -0.2) is 21.6 Å². The van der Waals surface area contributed by atoms with E-state index in [-0.39, 0.29) is 5.91 Å². The maximum Gasteiger partial charge on any atom is 0.230 e. The molecule has 0 aliphatic rings. The van der Waals surface area contributed by atoms with E-state index < -0.39 is 0 Å². The van der Waals surface area contributed by atoms with Crippen LogP contribution in [0.2, 0.25) is 0 Å². The van der Waals surface area contributed by atoms with Gasteiger partial charge < -0.3 is 10.3 Å². The minimum atomic E-state index is 0.0105. The summed E-state index contributed by atoms with van der Waals surface area (Å²) in [4.78, 5) is 20.8. The van der Waals surface area contributed by atoms with E-state index in [0.717, 1.165) is 21.8 Å². The number of benzene rings is 2. The van der Waals surface area contributed by atoms with Crippen LogP contribution in [0.15, 0.2) is 47.4 Å². The van der Waals surface area contributed by atoms with Crippen LogP contribution < -0.4 is 5.32 Å². The number of carbonyl (C=O) groups excluding carboxylic acids is 1. The Morgan fingerprint density at radius 3 is 2.87 bits per heavy atom. The fourth-order valence-electron chi connectivity index (χ4n) is 2.33. The van der Waals surface area contributed by atoms with Gasteiger partial charge in [-0.1, -0.05) is 29.8 Å². The smallest absolute Gasteiger partial charge is 0.230 e. The maximum absolute atomic E-state index is 12.0. The molecule has 0 fully saturated rings. The molecule has 0 spiro atoms. The van der Waals surface area contributed by atoms with E-state index in [2.05, 4.69) is 47.3 Å². The van der Waals surface area contributed by atoms with Crippen molar-refractivity contribution in [3.8, 4) is 0 Å². The van der Waals surface area contributed by atoms with Crippen LogP contribution in [0, 0.1) is 13.8 Å². The standard InChI is InChI=1S/C18H19N3OS/c1-12-7-8-13(2)16(9-12)23-11-18(22)19-10-17-20-14-5-3-4-6-15(14)21-17/h3-9H,10-11H2,1-2H3,(H,19,22)(H,20,21). The van der Waals surface area contributed by atoms with Crippen LogP contribution in [0.3, 0.4) is 0 Å². The second-order valence-electron chi connectivity index (χ2n) is 5.54. The highest BCUT2D eigenvalue weighted by Gasteiger charge is 2.07. The zero-order valence-corrected chi connectivity index (χ0v) is 14.0. The summed E-state index contributed by atoms with van der Waals surface area (Å²) < 4.78 is 0. The van der Waals surface area contributed by atoms with Gasteiger partial charge in [0, 0.05) is 4.90 Å². The summed E-state index contributed by atoms with van der Waals surface area (Å²) in [5.74, 6) is 1.19. The fraction of sp³-hybridized carbons (Fsp3) is 0.222. The van der Waals surface area contributed by atoms with Gasteiger partial charge in [0.25, 0.3) is 0 Å². The van der Waals surface area contributed by atoms with Crippen molar-refractivity contribution in [3.05, 3.63) is 59.4 Å². The lowest BCUT2D eigenvalue weighted by atomic mass is 10.2. The van der Waals surface area contributed by atoms with Crippen molar-refractivity contribution in [2.24, 2.45) is 0 Å². The Bertz CT molecular complexity index is 808. The van der Waals surface area contributed by atoms with Gasteiger partial charge >= 0.3 is 0 Å². The number of fused-ring (bicyclic) bond motifs is 1. The van der Waals surface area contributed by atoms with Gasteiger partial charge in [-0.2, -0.15) is 0 Å². The first-order valence-corrected chi connectivity index (χ1v) is 8.51. The lowest BCUT2D eigenvalue weighted by molar-refractivity contribution is -0.118. The van der Waals surface area contributed by atoms with E-state index in [4.69, 9.17) is 0 Å². The van der Waals surface area contributed by atoms with Gasteiger partial charge in [-0.3, -0.25) is 4.79 Å². The summed E-state index contributed by atoms with van der Waals surface area (Å²) in [5.41, 5.74) is 4.31. The molecule has 23 heavy (non-hydrogen) atoms. The molecule has 3 rings (SSSR count). The normalized spacial score (nSPS) is 10.9. The number of thioether (sulfide) groups is 1. The number of aryl methyl sites for hydroxylation is 2. The zero-order valence-electron chi connectivity index (χ0n) is 13.2. The molecule has 4 nitrogen and oxygen atoms in total. The molecule has 0 aliphatic carbocycles. The molecule has 0 unspecified atom stereocenters. The largest absolute Gasteiger partial charge is 0.348 e. The topological polar surface area (TPSA) is 57.8 Å². The first-order chi connectivity index (χ1) is 11.1. The second kappa shape index (κ2) is 6.87. The maximum atomic E-state index is 12.0. The van der Waals surface area contributed by atoms with E-state index in [9.17, 15) is 4.79 Å². The van der Waals surface area contributed by atoms with Crippen molar-refractivity contribution >= 4 is 28.7 Å². The molecule has 0 saturated heterocycles. The number of aromatic nitrogens is 2. The molecule has 118 valence electrons. The van der Waals surface area contributed by atoms with Crippen molar-refractivity contribution in [2.45, 2.75) is 25.3 Å². The van der Waals surface area contributed by atoms with Crippen molar-refractivity contribution in [3.63, 3.8) is 0 Å². The molecule has 3 aromatic rings. The molecule has 0 atom stereocenters. The average Bonchev–Trinajstić information content (AvgIpc) is 2.96. The highest BCUT2D eigenvalue weighted by atomic mass is 32.2. The van der Waals surface area contributed by atoms with Crippen molar-refractivity contribution in [1.82, 2.24) is 15.3 Å². The van der Waals surface area contributed by atoms with Crippen molar-refractivity contribution in [1.29, 1.82) is 0 Å². The number of nitrogens with one attached hydrogen (secondary N) is 2. The van der Waals surface area contributed by atoms with Crippen molar-refractivity contribution < 1.29 is 4.79 Å². The first-order valence-electron chi connectivity index (χ1n) is 7.52. The molecular weight excluding hydrogens is 306 g/mol. The Balaban J connectivity index is 1.54. The van der Waals surface area contributed by atoms with E-state index in [1.54, 1.807) is 11.8 Å². The summed E-state index contributed by atoms with van der Waals surface area (Å²) in [6.45, 7) is 4.54. The highest BCUT2D eigenvalue weighted by molar-refractivity contribution is 8.00. The van der Waals surface area contributed by atoms with Gasteiger partial charge in [-0.05, 0) is 37.6 Å². The summed E-state index contributed by atoms with van der Waals surface area (Å²) >= 11 is 1.57. The number of hydrogen-bond acceptors (Lipinski definition) is 3. The van der Waals surface area contributed by atoms with Crippen LogP contribution in [0.5, 0.6) is 0 Å². The molecule has 0 radical (unpaired) electrons. The number of H-pyrrole nitrogens is 1. The number of hydrogen-bond donors (Lipinski definition) is 2. The Kier molecular flexibility index (Phi) is 4.67. The minimum Gasteiger partial charge on any atom is -0.348 e.